The van der Waals surface area contributed by atoms with Crippen LogP contribution in [0.5, 0.6) is 0 Å². The molecule has 1 aromatic heterocycles. The highest BCUT2D eigenvalue weighted by molar-refractivity contribution is 5.93. The van der Waals surface area contributed by atoms with E-state index in [-0.39, 0.29) is 18.9 Å². The summed E-state index contributed by atoms with van der Waals surface area (Å²) in [7, 11) is 0. The number of hydrogen-bond donors (Lipinski definition) is 1. The lowest BCUT2D eigenvalue weighted by molar-refractivity contribution is -0.147. The third kappa shape index (κ3) is 5.08. The van der Waals surface area contributed by atoms with Gasteiger partial charge in [-0.25, -0.2) is 0 Å². The fourth-order valence-corrected chi connectivity index (χ4v) is 2.47. The molecule has 0 fully saturated rings. The number of hydrogen-bond acceptors (Lipinski definition) is 4. The Balaban J connectivity index is 1.43. The lowest BCUT2D eigenvalue weighted by Crippen LogP contribution is -2.21. The third-order valence-corrected chi connectivity index (χ3v) is 3.80. The van der Waals surface area contributed by atoms with Gasteiger partial charge in [-0.15, -0.1) is 0 Å². The predicted octanol–water partition coefficient (Wildman–Crippen LogP) is 4.06. The summed E-state index contributed by atoms with van der Waals surface area (Å²) in [5.41, 5.74) is 2.82. The molecule has 1 heterocycles. The Morgan fingerprint density at radius 3 is 2.31 bits per heavy atom. The van der Waals surface area contributed by atoms with Crippen LogP contribution in [0.2, 0.25) is 0 Å². The lowest BCUT2D eigenvalue weighted by Gasteiger charge is -2.07. The van der Waals surface area contributed by atoms with Crippen LogP contribution in [0.3, 0.4) is 0 Å². The van der Waals surface area contributed by atoms with Crippen molar-refractivity contribution in [3.63, 3.8) is 0 Å². The SMILES string of the molecule is O=C(COC(=O)CCc1ccco1)Nc1ccc(-c2ccccc2)cc1. The maximum Gasteiger partial charge on any atom is 0.306 e. The van der Waals surface area contributed by atoms with Crippen LogP contribution in [0.1, 0.15) is 12.2 Å². The molecule has 0 atom stereocenters. The minimum atomic E-state index is -0.434. The Hall–Kier alpha value is -3.34. The van der Waals surface area contributed by atoms with Gasteiger partial charge < -0.3 is 14.5 Å². The number of aryl methyl sites for hydroxylation is 1. The molecule has 2 aromatic carbocycles. The molecule has 0 bridgehead atoms. The maximum atomic E-state index is 11.9. The lowest BCUT2D eigenvalue weighted by atomic mass is 10.1. The average molecular weight is 349 g/mol. The summed E-state index contributed by atoms with van der Waals surface area (Å²) in [5, 5.41) is 2.71. The molecule has 0 aliphatic carbocycles. The van der Waals surface area contributed by atoms with Crippen molar-refractivity contribution in [2.45, 2.75) is 12.8 Å². The van der Waals surface area contributed by atoms with Crippen molar-refractivity contribution in [2.24, 2.45) is 0 Å². The molecule has 3 rings (SSSR count). The molecule has 3 aromatic rings. The summed E-state index contributed by atoms with van der Waals surface area (Å²) in [6.45, 7) is -0.308. The van der Waals surface area contributed by atoms with Gasteiger partial charge in [0.2, 0.25) is 0 Å². The minimum Gasteiger partial charge on any atom is -0.469 e. The molecule has 1 amide bonds. The zero-order chi connectivity index (χ0) is 18.2. The van der Waals surface area contributed by atoms with E-state index >= 15 is 0 Å². The first-order valence-corrected chi connectivity index (χ1v) is 8.34. The molecule has 5 heteroatoms. The summed E-state index contributed by atoms with van der Waals surface area (Å²) in [4.78, 5) is 23.6. The van der Waals surface area contributed by atoms with Crippen LogP contribution in [0, 0.1) is 0 Å². The fourth-order valence-electron chi connectivity index (χ4n) is 2.47. The van der Waals surface area contributed by atoms with Crippen LogP contribution in [0.4, 0.5) is 5.69 Å². The van der Waals surface area contributed by atoms with Crippen molar-refractivity contribution >= 4 is 17.6 Å². The van der Waals surface area contributed by atoms with E-state index in [2.05, 4.69) is 5.32 Å². The number of rotatable bonds is 7. The van der Waals surface area contributed by atoms with Crippen molar-refractivity contribution in [2.75, 3.05) is 11.9 Å². The first-order chi connectivity index (χ1) is 12.7. The van der Waals surface area contributed by atoms with Crippen molar-refractivity contribution in [1.29, 1.82) is 0 Å². The van der Waals surface area contributed by atoms with E-state index in [0.717, 1.165) is 11.1 Å². The van der Waals surface area contributed by atoms with Crippen LogP contribution in [0.15, 0.2) is 77.4 Å². The molecule has 0 aliphatic rings. The smallest absolute Gasteiger partial charge is 0.306 e. The number of nitrogens with one attached hydrogen (secondary N) is 1. The normalized spacial score (nSPS) is 10.3. The van der Waals surface area contributed by atoms with Gasteiger partial charge in [-0.3, -0.25) is 9.59 Å². The summed E-state index contributed by atoms with van der Waals surface area (Å²) in [6, 6.07) is 21.0. The Morgan fingerprint density at radius 1 is 0.885 bits per heavy atom. The van der Waals surface area contributed by atoms with E-state index in [1.54, 1.807) is 18.4 Å². The molecule has 0 aliphatic heterocycles. The molecular weight excluding hydrogens is 330 g/mol. The summed E-state index contributed by atoms with van der Waals surface area (Å²) >= 11 is 0. The third-order valence-electron chi connectivity index (χ3n) is 3.80. The Bertz CT molecular complexity index is 839. The number of carbonyl (C=O) groups excluding carboxylic acids is 2. The Kier molecular flexibility index (Phi) is 5.83. The second-order valence-electron chi connectivity index (χ2n) is 5.73. The van der Waals surface area contributed by atoms with Crippen LogP contribution in [-0.2, 0) is 20.7 Å². The number of benzene rings is 2. The second-order valence-corrected chi connectivity index (χ2v) is 5.73. The molecule has 0 saturated carbocycles. The minimum absolute atomic E-state index is 0.173. The van der Waals surface area contributed by atoms with E-state index in [1.807, 2.05) is 54.6 Å². The largest absolute Gasteiger partial charge is 0.469 e. The number of furan rings is 1. The molecule has 0 saturated heterocycles. The summed E-state index contributed by atoms with van der Waals surface area (Å²) in [5.74, 6) is -0.0929. The average Bonchev–Trinajstić information content (AvgIpc) is 3.20. The highest BCUT2D eigenvalue weighted by Gasteiger charge is 2.09. The van der Waals surface area contributed by atoms with E-state index in [0.29, 0.717) is 17.9 Å². The zero-order valence-electron chi connectivity index (χ0n) is 14.2. The molecule has 1 N–H and O–H groups in total. The zero-order valence-corrected chi connectivity index (χ0v) is 14.2. The van der Waals surface area contributed by atoms with E-state index < -0.39 is 5.97 Å². The van der Waals surface area contributed by atoms with Crippen LogP contribution < -0.4 is 5.32 Å². The Labute approximate surface area is 151 Å². The standard InChI is InChI=1S/C21H19NO4/c23-20(15-26-21(24)13-12-19-7-4-14-25-19)22-18-10-8-17(9-11-18)16-5-2-1-3-6-16/h1-11,14H,12-13,15H2,(H,22,23). The summed E-state index contributed by atoms with van der Waals surface area (Å²) in [6.07, 6.45) is 2.18. The van der Waals surface area contributed by atoms with Crippen molar-refractivity contribution in [3.8, 4) is 11.1 Å². The van der Waals surface area contributed by atoms with Crippen LogP contribution in [0.25, 0.3) is 11.1 Å². The van der Waals surface area contributed by atoms with Gasteiger partial charge in [0.1, 0.15) is 5.76 Å². The van der Waals surface area contributed by atoms with Gasteiger partial charge in [-0.2, -0.15) is 0 Å². The first kappa shape index (κ1) is 17.5. The van der Waals surface area contributed by atoms with Crippen LogP contribution in [-0.4, -0.2) is 18.5 Å². The Morgan fingerprint density at radius 2 is 1.62 bits per heavy atom. The fraction of sp³-hybridized carbons (Fsp3) is 0.143. The molecule has 0 spiro atoms. The molecule has 26 heavy (non-hydrogen) atoms. The summed E-state index contributed by atoms with van der Waals surface area (Å²) < 4.78 is 10.1. The quantitative estimate of drug-likeness (QED) is 0.653. The second kappa shape index (κ2) is 8.67. The van der Waals surface area contributed by atoms with Gasteiger partial charge in [0.25, 0.3) is 5.91 Å². The van der Waals surface area contributed by atoms with Gasteiger partial charge >= 0.3 is 5.97 Å². The number of esters is 1. The van der Waals surface area contributed by atoms with Crippen molar-refractivity contribution in [3.05, 3.63) is 78.8 Å². The van der Waals surface area contributed by atoms with E-state index in [1.165, 1.54) is 0 Å². The van der Waals surface area contributed by atoms with E-state index in [4.69, 9.17) is 9.15 Å². The van der Waals surface area contributed by atoms with Gasteiger partial charge in [-0.1, -0.05) is 42.5 Å². The van der Waals surface area contributed by atoms with Crippen LogP contribution >= 0.6 is 0 Å². The number of anilines is 1. The van der Waals surface area contributed by atoms with Gasteiger partial charge in [0, 0.05) is 12.1 Å². The van der Waals surface area contributed by atoms with Gasteiger partial charge in [-0.05, 0) is 35.4 Å². The van der Waals surface area contributed by atoms with Gasteiger partial charge in [0.05, 0.1) is 12.7 Å². The number of ether oxygens (including phenoxy) is 1. The van der Waals surface area contributed by atoms with Crippen molar-refractivity contribution in [1.82, 2.24) is 0 Å². The van der Waals surface area contributed by atoms with Gasteiger partial charge in [0.15, 0.2) is 6.61 Å². The number of amides is 1. The number of carbonyl (C=O) groups is 2. The first-order valence-electron chi connectivity index (χ1n) is 8.34. The van der Waals surface area contributed by atoms with E-state index in [9.17, 15) is 9.59 Å². The maximum absolute atomic E-state index is 11.9. The predicted molar refractivity (Wildman–Crippen MR) is 98.5 cm³/mol. The molecule has 0 unspecified atom stereocenters. The molecule has 5 nitrogen and oxygen atoms in total. The topological polar surface area (TPSA) is 68.5 Å². The highest BCUT2D eigenvalue weighted by Crippen LogP contribution is 2.20. The highest BCUT2D eigenvalue weighted by atomic mass is 16.5. The monoisotopic (exact) mass is 349 g/mol. The van der Waals surface area contributed by atoms with Crippen molar-refractivity contribution < 1.29 is 18.7 Å². The molecule has 0 radical (unpaired) electrons. The molecular formula is C21H19NO4. The molecule has 132 valence electrons.